The third-order valence-electron chi connectivity index (χ3n) is 2.61. The van der Waals surface area contributed by atoms with Crippen LogP contribution in [0.15, 0.2) is 18.2 Å². The van der Waals surface area contributed by atoms with Gasteiger partial charge in [-0.25, -0.2) is 0 Å². The zero-order valence-corrected chi connectivity index (χ0v) is 10.5. The highest BCUT2D eigenvalue weighted by molar-refractivity contribution is 5.39. The second-order valence-corrected chi connectivity index (χ2v) is 4.53. The molecule has 0 aliphatic carbocycles. The number of rotatable bonds is 4. The molecule has 0 fully saturated rings. The molecule has 1 nitrogen and oxygen atoms in total. The molecule has 0 atom stereocenters. The van der Waals surface area contributed by atoms with Gasteiger partial charge < -0.3 is 4.74 Å². The Balaban J connectivity index is 3.09. The Morgan fingerprint density at radius 1 is 1.00 bits per heavy atom. The van der Waals surface area contributed by atoms with E-state index in [4.69, 9.17) is 4.74 Å². The summed E-state index contributed by atoms with van der Waals surface area (Å²) in [4.78, 5) is 0. The van der Waals surface area contributed by atoms with Crippen LogP contribution in [0.3, 0.4) is 0 Å². The van der Waals surface area contributed by atoms with Gasteiger partial charge in [0.1, 0.15) is 5.75 Å². The van der Waals surface area contributed by atoms with Crippen LogP contribution in [0.2, 0.25) is 0 Å². The molecule has 0 aliphatic rings. The number of ether oxygens (including phenoxy) is 1. The molecule has 84 valence electrons. The van der Waals surface area contributed by atoms with Gasteiger partial charge >= 0.3 is 0 Å². The molecular weight excluding hydrogens is 184 g/mol. The molecule has 1 aromatic rings. The van der Waals surface area contributed by atoms with E-state index < -0.39 is 0 Å². The van der Waals surface area contributed by atoms with Crippen LogP contribution >= 0.6 is 0 Å². The maximum absolute atomic E-state index is 5.53. The van der Waals surface area contributed by atoms with Gasteiger partial charge in [-0.2, -0.15) is 0 Å². The van der Waals surface area contributed by atoms with Crippen molar-refractivity contribution in [1.82, 2.24) is 0 Å². The van der Waals surface area contributed by atoms with Crippen LogP contribution in [0.4, 0.5) is 0 Å². The van der Waals surface area contributed by atoms with Crippen LogP contribution in [0.5, 0.6) is 5.75 Å². The fourth-order valence-electron chi connectivity index (χ4n) is 1.84. The third-order valence-corrected chi connectivity index (χ3v) is 2.61. The molecule has 15 heavy (non-hydrogen) atoms. The predicted octanol–water partition coefficient (Wildman–Crippen LogP) is 4.33. The molecule has 0 radical (unpaired) electrons. The summed E-state index contributed by atoms with van der Waals surface area (Å²) in [6, 6.07) is 6.46. The first-order valence-corrected chi connectivity index (χ1v) is 5.82. The topological polar surface area (TPSA) is 9.23 Å². The number of hydrogen-bond donors (Lipinski definition) is 0. The van der Waals surface area contributed by atoms with Crippen molar-refractivity contribution in [3.63, 3.8) is 0 Å². The largest absolute Gasteiger partial charge is 0.494 e. The van der Waals surface area contributed by atoms with Crippen molar-refractivity contribution < 1.29 is 4.74 Å². The zero-order chi connectivity index (χ0) is 11.4. The first-order valence-electron chi connectivity index (χ1n) is 5.82. The normalized spacial score (nSPS) is 11.1. The molecule has 0 bridgehead atoms. The van der Waals surface area contributed by atoms with E-state index in [0.717, 1.165) is 12.4 Å². The van der Waals surface area contributed by atoms with Gasteiger partial charge in [0.25, 0.3) is 0 Å². The van der Waals surface area contributed by atoms with Crippen LogP contribution in [-0.2, 0) is 0 Å². The molecule has 0 amide bonds. The highest BCUT2D eigenvalue weighted by Crippen LogP contribution is 2.29. The SMILES string of the molecule is CCOc1ccc(C(C)C)c(C(C)C)c1. The third kappa shape index (κ3) is 2.98. The average molecular weight is 206 g/mol. The van der Waals surface area contributed by atoms with Gasteiger partial charge in [-0.05, 0) is 42.0 Å². The maximum Gasteiger partial charge on any atom is 0.119 e. The molecule has 0 aliphatic heterocycles. The van der Waals surface area contributed by atoms with Gasteiger partial charge in [0.05, 0.1) is 6.61 Å². The molecule has 0 heterocycles. The Morgan fingerprint density at radius 3 is 2.07 bits per heavy atom. The fraction of sp³-hybridized carbons (Fsp3) is 0.571. The van der Waals surface area contributed by atoms with E-state index in [2.05, 4.69) is 45.9 Å². The Labute approximate surface area is 93.5 Å². The van der Waals surface area contributed by atoms with E-state index in [-0.39, 0.29) is 0 Å². The summed E-state index contributed by atoms with van der Waals surface area (Å²) in [5, 5.41) is 0. The van der Waals surface area contributed by atoms with Gasteiger partial charge in [0.15, 0.2) is 0 Å². The number of hydrogen-bond acceptors (Lipinski definition) is 1. The van der Waals surface area contributed by atoms with Crippen molar-refractivity contribution in [2.45, 2.75) is 46.5 Å². The van der Waals surface area contributed by atoms with Crippen LogP contribution < -0.4 is 4.74 Å². The van der Waals surface area contributed by atoms with E-state index in [1.165, 1.54) is 11.1 Å². The lowest BCUT2D eigenvalue weighted by Gasteiger charge is -2.17. The van der Waals surface area contributed by atoms with Crippen molar-refractivity contribution in [2.75, 3.05) is 6.61 Å². The van der Waals surface area contributed by atoms with E-state index in [9.17, 15) is 0 Å². The first kappa shape index (κ1) is 12.1. The summed E-state index contributed by atoms with van der Waals surface area (Å²) in [6.07, 6.45) is 0. The van der Waals surface area contributed by atoms with E-state index in [0.29, 0.717) is 11.8 Å². The summed E-state index contributed by atoms with van der Waals surface area (Å²) in [7, 11) is 0. The highest BCUT2D eigenvalue weighted by atomic mass is 16.5. The minimum Gasteiger partial charge on any atom is -0.494 e. The van der Waals surface area contributed by atoms with Crippen LogP contribution in [0.1, 0.15) is 57.6 Å². The van der Waals surface area contributed by atoms with Crippen molar-refractivity contribution in [3.8, 4) is 5.75 Å². The Bertz CT molecular complexity index is 313. The summed E-state index contributed by atoms with van der Waals surface area (Å²) in [5.74, 6) is 2.13. The molecule has 1 aromatic carbocycles. The smallest absolute Gasteiger partial charge is 0.119 e. The lowest BCUT2D eigenvalue weighted by Crippen LogP contribution is -2.00. The minimum absolute atomic E-state index is 0.558. The van der Waals surface area contributed by atoms with Gasteiger partial charge in [0, 0.05) is 0 Å². The van der Waals surface area contributed by atoms with Crippen molar-refractivity contribution in [2.24, 2.45) is 0 Å². The average Bonchev–Trinajstić information content (AvgIpc) is 2.17. The van der Waals surface area contributed by atoms with Gasteiger partial charge in [-0.15, -0.1) is 0 Å². The van der Waals surface area contributed by atoms with Crippen LogP contribution in [0, 0.1) is 0 Å². The van der Waals surface area contributed by atoms with Gasteiger partial charge in [-0.3, -0.25) is 0 Å². The molecular formula is C14H22O. The lowest BCUT2D eigenvalue weighted by molar-refractivity contribution is 0.339. The second kappa shape index (κ2) is 5.20. The lowest BCUT2D eigenvalue weighted by atomic mass is 9.90. The predicted molar refractivity (Wildman–Crippen MR) is 65.8 cm³/mol. The van der Waals surface area contributed by atoms with Crippen LogP contribution in [0.25, 0.3) is 0 Å². The molecule has 0 saturated carbocycles. The van der Waals surface area contributed by atoms with Crippen molar-refractivity contribution in [3.05, 3.63) is 29.3 Å². The van der Waals surface area contributed by atoms with E-state index in [1.54, 1.807) is 0 Å². The second-order valence-electron chi connectivity index (χ2n) is 4.53. The Kier molecular flexibility index (Phi) is 4.19. The monoisotopic (exact) mass is 206 g/mol. The minimum atomic E-state index is 0.558. The summed E-state index contributed by atoms with van der Waals surface area (Å²) >= 11 is 0. The molecule has 0 aromatic heterocycles. The Hall–Kier alpha value is -0.980. The summed E-state index contributed by atoms with van der Waals surface area (Å²) in [5.41, 5.74) is 2.85. The fourth-order valence-corrected chi connectivity index (χ4v) is 1.84. The zero-order valence-electron chi connectivity index (χ0n) is 10.5. The van der Waals surface area contributed by atoms with Crippen LogP contribution in [-0.4, -0.2) is 6.61 Å². The summed E-state index contributed by atoms with van der Waals surface area (Å²) in [6.45, 7) is 11.7. The molecule has 0 spiro atoms. The maximum atomic E-state index is 5.53. The molecule has 0 N–H and O–H groups in total. The summed E-state index contributed by atoms with van der Waals surface area (Å²) < 4.78 is 5.53. The molecule has 1 rings (SSSR count). The van der Waals surface area contributed by atoms with Gasteiger partial charge in [-0.1, -0.05) is 33.8 Å². The van der Waals surface area contributed by atoms with Crippen molar-refractivity contribution >= 4 is 0 Å². The highest BCUT2D eigenvalue weighted by Gasteiger charge is 2.10. The Morgan fingerprint density at radius 2 is 1.60 bits per heavy atom. The van der Waals surface area contributed by atoms with Gasteiger partial charge in [0.2, 0.25) is 0 Å². The van der Waals surface area contributed by atoms with E-state index in [1.807, 2.05) is 6.92 Å². The quantitative estimate of drug-likeness (QED) is 0.712. The standard InChI is InChI=1S/C14H22O/c1-6-15-12-7-8-13(10(2)3)14(9-12)11(4)5/h7-11H,6H2,1-5H3. The number of benzene rings is 1. The van der Waals surface area contributed by atoms with E-state index >= 15 is 0 Å². The first-order chi connectivity index (χ1) is 7.06. The molecule has 0 saturated heterocycles. The van der Waals surface area contributed by atoms with Crippen molar-refractivity contribution in [1.29, 1.82) is 0 Å². The molecule has 1 heteroatoms. The molecule has 0 unspecified atom stereocenters.